The first-order chi connectivity index (χ1) is 21.1. The van der Waals surface area contributed by atoms with Gasteiger partial charge in [0.2, 0.25) is 11.8 Å². The molecule has 1 saturated carbocycles. The summed E-state index contributed by atoms with van der Waals surface area (Å²) < 4.78 is 26.8. The van der Waals surface area contributed by atoms with Gasteiger partial charge in [-0.15, -0.1) is 11.3 Å². The van der Waals surface area contributed by atoms with Crippen LogP contribution in [0, 0.1) is 11.2 Å². The fourth-order valence-electron chi connectivity index (χ4n) is 6.61. The highest BCUT2D eigenvalue weighted by atomic mass is 32.1. The number of hydrogen-bond donors (Lipinski definition) is 3. The van der Waals surface area contributed by atoms with Crippen LogP contribution in [0.4, 0.5) is 4.39 Å². The van der Waals surface area contributed by atoms with Crippen LogP contribution in [0.15, 0.2) is 42.0 Å². The molecule has 6 rings (SSSR count). The fraction of sp³-hybridized carbons (Fsp3) is 0.559. The molecule has 0 bridgehead atoms. The smallest absolute Gasteiger partial charge is 0.249 e. The Hall–Kier alpha value is -2.92. The summed E-state index contributed by atoms with van der Waals surface area (Å²) in [6.07, 6.45) is 8.63. The van der Waals surface area contributed by atoms with Crippen molar-refractivity contribution in [2.75, 3.05) is 13.2 Å². The van der Waals surface area contributed by atoms with Crippen LogP contribution in [0.5, 0.6) is 5.88 Å². The molecule has 0 radical (unpaired) electrons. The molecule has 10 heteroatoms. The molecule has 1 amide bonds. The molecule has 2 fully saturated rings. The molecular formula is C34H43FN4O4S. The lowest BCUT2D eigenvalue weighted by molar-refractivity contribution is -0.131. The van der Waals surface area contributed by atoms with Gasteiger partial charge in [0.15, 0.2) is 0 Å². The third kappa shape index (κ3) is 7.30. The average molecular weight is 623 g/mol. The Labute approximate surface area is 262 Å². The second-order valence-electron chi connectivity index (χ2n) is 13.9. The Morgan fingerprint density at radius 1 is 1.18 bits per heavy atom. The number of fused-ring (bicyclic) bond motifs is 1. The lowest BCUT2D eigenvalue weighted by Crippen LogP contribution is -2.53. The lowest BCUT2D eigenvalue weighted by Gasteiger charge is -2.47. The van der Waals surface area contributed by atoms with E-state index in [-0.39, 0.29) is 41.7 Å². The SMILES string of the molecule is CC(C)(C)Cc1cnc2c(c1)[C@@H](NC[C@H](O)[C@H](Cc1cc(F)cc(-c3nccs3)c1)NC(=O)[C@H]1CCCO1)CC1(CCC1)O2. The summed E-state index contributed by atoms with van der Waals surface area (Å²) >= 11 is 1.44. The summed E-state index contributed by atoms with van der Waals surface area (Å²) in [5.74, 6) is 0.0370. The number of carbonyl (C=O) groups excluding carboxylic acids is 1. The molecule has 44 heavy (non-hydrogen) atoms. The fourth-order valence-corrected chi connectivity index (χ4v) is 7.23. The van der Waals surface area contributed by atoms with Gasteiger partial charge in [-0.2, -0.15) is 0 Å². The number of aromatic nitrogens is 2. The van der Waals surface area contributed by atoms with E-state index in [9.17, 15) is 14.3 Å². The molecule has 1 spiro atoms. The zero-order valence-electron chi connectivity index (χ0n) is 25.8. The molecule has 2 aromatic heterocycles. The number of ether oxygens (including phenoxy) is 2. The Balaban J connectivity index is 1.22. The Morgan fingerprint density at radius 3 is 2.70 bits per heavy atom. The van der Waals surface area contributed by atoms with E-state index in [1.165, 1.54) is 23.5 Å². The summed E-state index contributed by atoms with van der Waals surface area (Å²) in [5.41, 5.74) is 3.40. The van der Waals surface area contributed by atoms with Gasteiger partial charge in [-0.25, -0.2) is 14.4 Å². The van der Waals surface area contributed by atoms with Gasteiger partial charge < -0.3 is 25.2 Å². The van der Waals surface area contributed by atoms with Crippen LogP contribution >= 0.6 is 11.3 Å². The lowest BCUT2D eigenvalue weighted by atomic mass is 9.73. The number of rotatable bonds is 10. The third-order valence-electron chi connectivity index (χ3n) is 8.88. The molecule has 2 aliphatic heterocycles. The number of aliphatic hydroxyl groups is 1. The number of carbonyl (C=O) groups is 1. The average Bonchev–Trinajstić information content (AvgIpc) is 3.69. The zero-order chi connectivity index (χ0) is 30.9. The van der Waals surface area contributed by atoms with Crippen molar-refractivity contribution >= 4 is 17.2 Å². The molecule has 0 unspecified atom stereocenters. The van der Waals surface area contributed by atoms with Crippen LogP contribution in [-0.4, -0.2) is 58.0 Å². The maximum absolute atomic E-state index is 14.7. The van der Waals surface area contributed by atoms with E-state index < -0.39 is 18.2 Å². The second-order valence-corrected chi connectivity index (χ2v) is 14.7. The summed E-state index contributed by atoms with van der Waals surface area (Å²) in [7, 11) is 0. The minimum atomic E-state index is -0.943. The van der Waals surface area contributed by atoms with Crippen LogP contribution < -0.4 is 15.4 Å². The van der Waals surface area contributed by atoms with Crippen molar-refractivity contribution in [1.29, 1.82) is 0 Å². The van der Waals surface area contributed by atoms with E-state index >= 15 is 0 Å². The van der Waals surface area contributed by atoms with E-state index in [2.05, 4.69) is 42.5 Å². The van der Waals surface area contributed by atoms with E-state index in [4.69, 9.17) is 14.5 Å². The summed E-state index contributed by atoms with van der Waals surface area (Å²) in [5, 5.41) is 20.8. The van der Waals surface area contributed by atoms with Crippen molar-refractivity contribution in [2.45, 2.75) is 102 Å². The molecule has 4 heterocycles. The van der Waals surface area contributed by atoms with Crippen molar-refractivity contribution in [3.8, 4) is 16.5 Å². The van der Waals surface area contributed by atoms with E-state index in [0.717, 1.165) is 54.7 Å². The normalized spacial score (nSPS) is 22.1. The van der Waals surface area contributed by atoms with Gasteiger partial charge in [0.25, 0.3) is 0 Å². The number of aliphatic hydroxyl groups excluding tert-OH is 1. The van der Waals surface area contributed by atoms with Gasteiger partial charge >= 0.3 is 0 Å². The molecule has 1 saturated heterocycles. The second kappa shape index (κ2) is 12.8. The Morgan fingerprint density at radius 2 is 2.02 bits per heavy atom. The number of thiazole rings is 1. The third-order valence-corrected chi connectivity index (χ3v) is 9.70. The number of amides is 1. The predicted molar refractivity (Wildman–Crippen MR) is 168 cm³/mol. The zero-order valence-corrected chi connectivity index (χ0v) is 26.6. The number of nitrogens with zero attached hydrogens (tertiary/aromatic N) is 2. The molecule has 236 valence electrons. The standard InChI is InChI=1S/C34H43FN4O4S/c1-33(2,3)17-22-14-25-27(18-34(7-5-8-34)43-31(25)38-19-22)37-20-28(40)26(39-30(41)29-6-4-10-42-29)15-21-12-23(16-24(35)13-21)32-36-9-11-44-32/h9,11-14,16,19,26-29,37,40H,4-8,10,15,17-18,20H2,1-3H3,(H,39,41)/t26-,27-,28-,29+/m0/s1. The molecule has 1 aromatic carbocycles. The van der Waals surface area contributed by atoms with Gasteiger partial charge in [-0.1, -0.05) is 20.8 Å². The highest BCUT2D eigenvalue weighted by Gasteiger charge is 2.46. The highest BCUT2D eigenvalue weighted by Crippen LogP contribution is 2.48. The molecule has 3 aromatic rings. The van der Waals surface area contributed by atoms with Gasteiger partial charge in [0, 0.05) is 54.5 Å². The number of benzene rings is 1. The first-order valence-corrected chi connectivity index (χ1v) is 16.6. The Kier molecular flexibility index (Phi) is 9.06. The van der Waals surface area contributed by atoms with E-state index in [1.54, 1.807) is 6.20 Å². The molecule has 3 aliphatic rings. The molecule has 8 nitrogen and oxygen atoms in total. The van der Waals surface area contributed by atoms with Gasteiger partial charge in [-0.3, -0.25) is 4.79 Å². The minimum absolute atomic E-state index is 0.0543. The highest BCUT2D eigenvalue weighted by molar-refractivity contribution is 7.13. The van der Waals surface area contributed by atoms with Crippen molar-refractivity contribution in [1.82, 2.24) is 20.6 Å². The molecular weight excluding hydrogens is 579 g/mol. The van der Waals surface area contributed by atoms with E-state index in [1.807, 2.05) is 17.6 Å². The maximum atomic E-state index is 14.7. The summed E-state index contributed by atoms with van der Waals surface area (Å²) in [6.45, 7) is 7.41. The van der Waals surface area contributed by atoms with Crippen LogP contribution in [-0.2, 0) is 22.4 Å². The van der Waals surface area contributed by atoms with Gasteiger partial charge in [0.1, 0.15) is 22.5 Å². The summed E-state index contributed by atoms with van der Waals surface area (Å²) in [4.78, 5) is 22.2. The monoisotopic (exact) mass is 622 g/mol. The quantitative estimate of drug-likeness (QED) is 0.273. The topological polar surface area (TPSA) is 106 Å². The number of nitrogens with one attached hydrogen (secondary N) is 2. The van der Waals surface area contributed by atoms with Crippen LogP contribution in [0.2, 0.25) is 0 Å². The van der Waals surface area contributed by atoms with Crippen molar-refractivity contribution in [2.24, 2.45) is 5.41 Å². The largest absolute Gasteiger partial charge is 0.471 e. The molecule has 1 aliphatic carbocycles. The van der Waals surface area contributed by atoms with Gasteiger partial charge in [-0.05, 0) is 85.8 Å². The molecule has 3 N–H and O–H groups in total. The number of pyridine rings is 1. The predicted octanol–water partition coefficient (Wildman–Crippen LogP) is 5.54. The van der Waals surface area contributed by atoms with Gasteiger partial charge in [0.05, 0.1) is 12.1 Å². The Bertz CT molecular complexity index is 1450. The first-order valence-electron chi connectivity index (χ1n) is 15.8. The van der Waals surface area contributed by atoms with Crippen molar-refractivity contribution in [3.63, 3.8) is 0 Å². The minimum Gasteiger partial charge on any atom is -0.471 e. The maximum Gasteiger partial charge on any atom is 0.249 e. The summed E-state index contributed by atoms with van der Waals surface area (Å²) in [6, 6.07) is 6.27. The van der Waals surface area contributed by atoms with Crippen molar-refractivity contribution in [3.05, 3.63) is 64.5 Å². The van der Waals surface area contributed by atoms with Crippen LogP contribution in [0.1, 0.15) is 82.0 Å². The first kappa shape index (κ1) is 31.1. The van der Waals surface area contributed by atoms with Crippen LogP contribution in [0.3, 0.4) is 0 Å². The van der Waals surface area contributed by atoms with E-state index in [0.29, 0.717) is 30.0 Å². The number of halogens is 1. The van der Waals surface area contributed by atoms with Crippen LogP contribution in [0.25, 0.3) is 10.6 Å². The molecule has 4 atom stereocenters. The van der Waals surface area contributed by atoms with Crippen molar-refractivity contribution < 1.29 is 23.8 Å². The number of hydrogen-bond acceptors (Lipinski definition) is 8.